The highest BCUT2D eigenvalue weighted by atomic mass is 35.5. The molecular weight excluding hydrogens is 393 g/mol. The van der Waals surface area contributed by atoms with Gasteiger partial charge >= 0.3 is 0 Å². The van der Waals surface area contributed by atoms with E-state index < -0.39 is 25.1 Å². The lowest BCUT2D eigenvalue weighted by Gasteiger charge is -2.37. The van der Waals surface area contributed by atoms with E-state index in [0.717, 1.165) is 4.31 Å². The van der Waals surface area contributed by atoms with E-state index in [4.69, 9.17) is 23.2 Å². The Kier molecular flexibility index (Phi) is 4.65. The summed E-state index contributed by atoms with van der Waals surface area (Å²) in [7, 11) is -7.30. The van der Waals surface area contributed by atoms with Crippen LogP contribution in [-0.4, -0.2) is 39.5 Å². The Balaban J connectivity index is 1.77. The zero-order chi connectivity index (χ0) is 17.5. The quantitative estimate of drug-likeness (QED) is 0.783. The number of halogens is 2. The summed E-state index contributed by atoms with van der Waals surface area (Å²) in [6.07, 6.45) is 0. The van der Waals surface area contributed by atoms with E-state index in [9.17, 15) is 16.8 Å². The first kappa shape index (κ1) is 17.7. The van der Waals surface area contributed by atoms with Crippen LogP contribution in [0, 0.1) is 0 Å². The monoisotopic (exact) mass is 405 g/mol. The van der Waals surface area contributed by atoms with E-state index in [2.05, 4.69) is 0 Å². The SMILES string of the molecule is O=S(=O)(c1ccc(Cl)cc1)C1CN(S(=O)(=O)c2ccc(Cl)cc2)C1. The Morgan fingerprint density at radius 1 is 0.750 bits per heavy atom. The molecule has 0 amide bonds. The van der Waals surface area contributed by atoms with E-state index in [-0.39, 0.29) is 22.9 Å². The van der Waals surface area contributed by atoms with Crippen molar-refractivity contribution in [1.82, 2.24) is 4.31 Å². The van der Waals surface area contributed by atoms with Gasteiger partial charge in [0.1, 0.15) is 0 Å². The first-order chi connectivity index (χ1) is 11.2. The number of hydrogen-bond acceptors (Lipinski definition) is 4. The smallest absolute Gasteiger partial charge is 0.223 e. The molecule has 0 aromatic heterocycles. The van der Waals surface area contributed by atoms with Crippen molar-refractivity contribution in [3.05, 3.63) is 58.6 Å². The number of sulfonamides is 1. The van der Waals surface area contributed by atoms with Crippen LogP contribution in [0.5, 0.6) is 0 Å². The summed E-state index contributed by atoms with van der Waals surface area (Å²) in [6, 6.07) is 11.6. The fourth-order valence-electron chi connectivity index (χ4n) is 2.37. The molecule has 1 aliphatic rings. The molecule has 0 aliphatic carbocycles. The van der Waals surface area contributed by atoms with Crippen LogP contribution in [0.15, 0.2) is 58.3 Å². The van der Waals surface area contributed by atoms with Gasteiger partial charge in [0.05, 0.1) is 15.0 Å². The topological polar surface area (TPSA) is 71.5 Å². The van der Waals surface area contributed by atoms with Gasteiger partial charge in [0.25, 0.3) is 0 Å². The molecule has 0 unspecified atom stereocenters. The molecule has 0 bridgehead atoms. The van der Waals surface area contributed by atoms with Gasteiger partial charge in [-0.2, -0.15) is 4.31 Å². The van der Waals surface area contributed by atoms with E-state index in [1.807, 2.05) is 0 Å². The van der Waals surface area contributed by atoms with Gasteiger partial charge in [-0.3, -0.25) is 0 Å². The molecule has 0 N–H and O–H groups in total. The second-order valence-corrected chi connectivity index (χ2v) is 10.4. The average Bonchev–Trinajstić information content (AvgIpc) is 2.46. The summed E-state index contributed by atoms with van der Waals surface area (Å²) < 4.78 is 51.0. The highest BCUT2D eigenvalue weighted by Crippen LogP contribution is 2.29. The van der Waals surface area contributed by atoms with Crippen molar-refractivity contribution in [2.75, 3.05) is 13.1 Å². The minimum Gasteiger partial charge on any atom is -0.223 e. The summed E-state index contributed by atoms with van der Waals surface area (Å²) in [5, 5.41) is 0.107. The van der Waals surface area contributed by atoms with Gasteiger partial charge in [0.15, 0.2) is 9.84 Å². The lowest BCUT2D eigenvalue weighted by molar-refractivity contribution is 0.309. The molecule has 3 rings (SSSR count). The molecule has 24 heavy (non-hydrogen) atoms. The number of hydrogen-bond donors (Lipinski definition) is 0. The van der Waals surface area contributed by atoms with Crippen molar-refractivity contribution < 1.29 is 16.8 Å². The maximum Gasteiger partial charge on any atom is 0.243 e. The van der Waals surface area contributed by atoms with Gasteiger partial charge in [-0.05, 0) is 48.5 Å². The minimum atomic E-state index is -3.71. The summed E-state index contributed by atoms with van der Waals surface area (Å²) in [5.74, 6) is 0. The first-order valence-electron chi connectivity index (χ1n) is 6.96. The highest BCUT2D eigenvalue weighted by molar-refractivity contribution is 7.92. The summed E-state index contributed by atoms with van der Waals surface area (Å²) in [4.78, 5) is 0.231. The van der Waals surface area contributed by atoms with Gasteiger partial charge in [0, 0.05) is 23.1 Å². The molecule has 0 saturated carbocycles. The van der Waals surface area contributed by atoms with Crippen LogP contribution in [0.2, 0.25) is 10.0 Å². The molecule has 5 nitrogen and oxygen atoms in total. The Bertz CT molecular complexity index is 870. The molecule has 9 heteroatoms. The minimum absolute atomic E-state index is 0.0735. The normalized spacial score (nSPS) is 16.8. The van der Waals surface area contributed by atoms with E-state index in [1.54, 1.807) is 0 Å². The molecule has 0 spiro atoms. The summed E-state index contributed by atoms with van der Waals surface area (Å²) in [6.45, 7) is -0.147. The Labute approximate surface area is 150 Å². The largest absolute Gasteiger partial charge is 0.243 e. The summed E-state index contributed by atoms with van der Waals surface area (Å²) >= 11 is 11.5. The van der Waals surface area contributed by atoms with Gasteiger partial charge in [0.2, 0.25) is 10.0 Å². The lowest BCUT2D eigenvalue weighted by Crippen LogP contribution is -2.56. The van der Waals surface area contributed by atoms with E-state index in [1.165, 1.54) is 48.5 Å². The van der Waals surface area contributed by atoms with Crippen molar-refractivity contribution >= 4 is 43.1 Å². The Hall–Kier alpha value is -1.12. The second kappa shape index (κ2) is 6.31. The molecule has 0 atom stereocenters. The molecule has 2 aromatic carbocycles. The van der Waals surface area contributed by atoms with Crippen molar-refractivity contribution in [2.24, 2.45) is 0 Å². The molecule has 1 aliphatic heterocycles. The van der Waals surface area contributed by atoms with Crippen molar-refractivity contribution in [3.8, 4) is 0 Å². The molecule has 1 fully saturated rings. The fraction of sp³-hybridized carbons (Fsp3) is 0.200. The third-order valence-electron chi connectivity index (χ3n) is 3.85. The maximum absolute atomic E-state index is 12.5. The second-order valence-electron chi connectivity index (χ2n) is 5.40. The maximum atomic E-state index is 12.5. The van der Waals surface area contributed by atoms with Crippen molar-refractivity contribution in [3.63, 3.8) is 0 Å². The lowest BCUT2D eigenvalue weighted by atomic mass is 10.3. The van der Waals surface area contributed by atoms with Crippen LogP contribution >= 0.6 is 23.2 Å². The number of nitrogens with zero attached hydrogens (tertiary/aromatic N) is 1. The van der Waals surface area contributed by atoms with Crippen LogP contribution in [-0.2, 0) is 19.9 Å². The average molecular weight is 406 g/mol. The number of benzene rings is 2. The molecule has 128 valence electrons. The third-order valence-corrected chi connectivity index (χ3v) is 8.30. The van der Waals surface area contributed by atoms with E-state index >= 15 is 0 Å². The Morgan fingerprint density at radius 3 is 1.62 bits per heavy atom. The highest BCUT2D eigenvalue weighted by Gasteiger charge is 2.44. The fourth-order valence-corrected chi connectivity index (χ4v) is 5.99. The number of sulfone groups is 1. The van der Waals surface area contributed by atoms with E-state index in [0.29, 0.717) is 10.0 Å². The molecule has 2 aromatic rings. The number of rotatable bonds is 4. The van der Waals surface area contributed by atoms with Crippen molar-refractivity contribution in [2.45, 2.75) is 15.0 Å². The third kappa shape index (κ3) is 3.19. The van der Waals surface area contributed by atoms with Gasteiger partial charge in [-0.25, -0.2) is 16.8 Å². The predicted molar refractivity (Wildman–Crippen MR) is 92.6 cm³/mol. The molecule has 1 saturated heterocycles. The van der Waals surface area contributed by atoms with Crippen LogP contribution in [0.4, 0.5) is 0 Å². The van der Waals surface area contributed by atoms with Crippen molar-refractivity contribution in [1.29, 1.82) is 0 Å². The van der Waals surface area contributed by atoms with Crippen LogP contribution in [0.25, 0.3) is 0 Å². The predicted octanol–water partition coefficient (Wildman–Crippen LogP) is 2.84. The molecule has 1 heterocycles. The van der Waals surface area contributed by atoms with Gasteiger partial charge in [-0.15, -0.1) is 0 Å². The van der Waals surface area contributed by atoms with Gasteiger partial charge < -0.3 is 0 Å². The zero-order valence-electron chi connectivity index (χ0n) is 12.3. The first-order valence-corrected chi connectivity index (χ1v) is 10.7. The Morgan fingerprint density at radius 2 is 1.17 bits per heavy atom. The van der Waals surface area contributed by atoms with Crippen LogP contribution < -0.4 is 0 Å². The molecular formula is C15H13Cl2NO4S2. The standard InChI is InChI=1S/C15H13Cl2NO4S2/c16-11-1-5-13(6-2-11)23(19,20)15-9-18(10-15)24(21,22)14-7-3-12(17)4-8-14/h1-8,15H,9-10H2. The molecule has 0 radical (unpaired) electrons. The van der Waals surface area contributed by atoms with Crippen LogP contribution in [0.3, 0.4) is 0 Å². The van der Waals surface area contributed by atoms with Gasteiger partial charge in [-0.1, -0.05) is 23.2 Å². The summed E-state index contributed by atoms with van der Waals surface area (Å²) in [5.41, 5.74) is 0. The zero-order valence-corrected chi connectivity index (χ0v) is 15.4. The van der Waals surface area contributed by atoms with Crippen LogP contribution in [0.1, 0.15) is 0 Å².